The van der Waals surface area contributed by atoms with E-state index >= 15 is 0 Å². The first kappa shape index (κ1) is 19.3. The first-order valence-electron chi connectivity index (χ1n) is 8.44. The van der Waals surface area contributed by atoms with E-state index in [1.165, 1.54) is 0 Å². The molecule has 0 heterocycles. The van der Waals surface area contributed by atoms with E-state index in [0.717, 1.165) is 11.1 Å². The van der Waals surface area contributed by atoms with Gasteiger partial charge < -0.3 is 4.52 Å². The third kappa shape index (κ3) is 6.64. The summed E-state index contributed by atoms with van der Waals surface area (Å²) < 4.78 is 18.6. The van der Waals surface area contributed by atoms with Gasteiger partial charge in [-0.3, -0.25) is 9.68 Å². The van der Waals surface area contributed by atoms with Gasteiger partial charge in [0.05, 0.1) is 13.2 Å². The lowest BCUT2D eigenvalue weighted by Crippen LogP contribution is -2.26. The zero-order chi connectivity index (χ0) is 18.8. The van der Waals surface area contributed by atoms with Crippen molar-refractivity contribution < 1.29 is 18.8 Å². The van der Waals surface area contributed by atoms with Gasteiger partial charge >= 0.3 is 7.67 Å². The average Bonchev–Trinajstić information content (AvgIpc) is 2.70. The summed E-state index contributed by atoms with van der Waals surface area (Å²) in [6.07, 6.45) is 0. The third-order valence-corrected chi connectivity index (χ3v) is 4.72. The topological polar surface area (TPSA) is 68.8 Å². The summed E-state index contributed by atoms with van der Waals surface area (Å²) in [5, 5.41) is 4.95. The summed E-state index contributed by atoms with van der Waals surface area (Å²) in [5.41, 5.74) is 1.86. The molecule has 27 heavy (non-hydrogen) atoms. The number of para-hydroxylation sites is 1. The van der Waals surface area contributed by atoms with Crippen LogP contribution >= 0.6 is 7.67 Å². The second-order valence-electron chi connectivity index (χ2n) is 5.69. The van der Waals surface area contributed by atoms with Gasteiger partial charge in [-0.2, -0.15) is 0 Å². The summed E-state index contributed by atoms with van der Waals surface area (Å²) in [6.45, 7) is 0.451. The zero-order valence-corrected chi connectivity index (χ0v) is 15.5. The summed E-state index contributed by atoms with van der Waals surface area (Å²) in [6, 6.07) is 27.9. The molecule has 0 aliphatic rings. The maximum absolute atomic E-state index is 13.1. The quantitative estimate of drug-likeness (QED) is 0.393. The van der Waals surface area contributed by atoms with Crippen LogP contribution in [0.5, 0.6) is 5.75 Å². The predicted molar refractivity (Wildman–Crippen MR) is 103 cm³/mol. The summed E-state index contributed by atoms with van der Waals surface area (Å²) in [5.74, 6) is 0.424. The molecule has 0 aromatic heterocycles. The van der Waals surface area contributed by atoms with E-state index in [4.69, 9.17) is 14.2 Å². The molecule has 140 valence electrons. The summed E-state index contributed by atoms with van der Waals surface area (Å²) in [4.78, 5) is 10.8. The second kappa shape index (κ2) is 10.0. The molecule has 3 rings (SSSR count). The molecule has 6 nitrogen and oxygen atoms in total. The van der Waals surface area contributed by atoms with Crippen LogP contribution in [0.2, 0.25) is 0 Å². The van der Waals surface area contributed by atoms with Crippen LogP contribution in [0.3, 0.4) is 0 Å². The molecule has 0 bridgehead atoms. The average molecular weight is 384 g/mol. The molecule has 0 fully saturated rings. The Bertz CT molecular complexity index is 798. The molecule has 7 heteroatoms. The molecule has 0 saturated carbocycles. The van der Waals surface area contributed by atoms with Crippen molar-refractivity contribution in [1.29, 1.82) is 0 Å². The van der Waals surface area contributed by atoms with Crippen molar-refractivity contribution in [3.05, 3.63) is 102 Å². The van der Waals surface area contributed by atoms with Crippen LogP contribution in [-0.2, 0) is 27.5 Å². The van der Waals surface area contributed by atoms with Crippen LogP contribution < -0.4 is 15.0 Å². The largest absolute Gasteiger partial charge is 0.436 e. The fourth-order valence-electron chi connectivity index (χ4n) is 2.24. The lowest BCUT2D eigenvalue weighted by Gasteiger charge is -2.20. The molecular weight excluding hydrogens is 363 g/mol. The van der Waals surface area contributed by atoms with Crippen LogP contribution in [0.15, 0.2) is 91.0 Å². The number of nitrogens with one attached hydrogen (secondary N) is 2. The Balaban J connectivity index is 1.59. The molecular formula is C20H21N2O4P. The summed E-state index contributed by atoms with van der Waals surface area (Å²) >= 11 is 0. The van der Waals surface area contributed by atoms with Gasteiger partial charge in [0.15, 0.2) is 0 Å². The molecule has 0 aliphatic heterocycles. The van der Waals surface area contributed by atoms with E-state index in [9.17, 15) is 4.57 Å². The molecule has 0 spiro atoms. The Labute approximate surface area is 158 Å². The lowest BCUT2D eigenvalue weighted by atomic mass is 10.2. The zero-order valence-electron chi connectivity index (χ0n) is 14.7. The minimum atomic E-state index is -3.66. The van der Waals surface area contributed by atoms with E-state index in [1.54, 1.807) is 24.3 Å². The lowest BCUT2D eigenvalue weighted by molar-refractivity contribution is 0.0370. The fraction of sp³-hybridized carbons (Fsp3) is 0.100. The number of rotatable bonds is 10. The highest BCUT2D eigenvalue weighted by atomic mass is 31.2. The Hall–Kier alpha value is -2.47. The van der Waals surface area contributed by atoms with E-state index in [0.29, 0.717) is 5.75 Å². The van der Waals surface area contributed by atoms with Crippen molar-refractivity contribution in [3.8, 4) is 5.75 Å². The predicted octanol–water partition coefficient (Wildman–Crippen LogP) is 4.62. The molecule has 3 aromatic rings. The molecule has 3 aromatic carbocycles. The van der Waals surface area contributed by atoms with Crippen LogP contribution in [0, 0.1) is 0 Å². The van der Waals surface area contributed by atoms with Crippen molar-refractivity contribution in [1.82, 2.24) is 10.5 Å². The SMILES string of the molecule is O=P(NOCc1ccccc1)(NOCc1ccccc1)Oc1ccccc1. The van der Waals surface area contributed by atoms with E-state index in [1.807, 2.05) is 66.7 Å². The van der Waals surface area contributed by atoms with Gasteiger partial charge in [-0.15, -0.1) is 10.5 Å². The Morgan fingerprint density at radius 3 is 1.48 bits per heavy atom. The van der Waals surface area contributed by atoms with Gasteiger partial charge in [0.2, 0.25) is 0 Å². The standard InChI is InChI=1S/C20H21N2O4P/c23-27(26-20-14-8-3-9-15-20,21-24-16-18-10-4-1-5-11-18)22-25-17-19-12-6-2-7-13-19/h1-15H,16-17H2,(H2,21,22,23). The Kier molecular flexibility index (Phi) is 7.16. The first-order chi connectivity index (χ1) is 13.2. The second-order valence-corrected chi connectivity index (χ2v) is 7.34. The summed E-state index contributed by atoms with van der Waals surface area (Å²) in [7, 11) is -3.66. The molecule has 0 atom stereocenters. The minimum Gasteiger partial charge on any atom is -0.420 e. The highest BCUT2D eigenvalue weighted by molar-refractivity contribution is 7.54. The molecule has 0 aliphatic carbocycles. The van der Waals surface area contributed by atoms with Crippen molar-refractivity contribution in [3.63, 3.8) is 0 Å². The van der Waals surface area contributed by atoms with Gasteiger partial charge in [0.1, 0.15) is 5.75 Å². The first-order valence-corrected chi connectivity index (χ1v) is 10.1. The van der Waals surface area contributed by atoms with Gasteiger partial charge in [-0.25, -0.2) is 4.57 Å². The van der Waals surface area contributed by atoms with E-state index < -0.39 is 7.67 Å². The normalized spacial score (nSPS) is 11.3. The highest BCUT2D eigenvalue weighted by Gasteiger charge is 2.26. The smallest absolute Gasteiger partial charge is 0.420 e. The van der Waals surface area contributed by atoms with Crippen LogP contribution in [0.25, 0.3) is 0 Å². The van der Waals surface area contributed by atoms with Gasteiger partial charge in [-0.05, 0) is 23.3 Å². The molecule has 0 amide bonds. The number of hydrogen-bond donors (Lipinski definition) is 2. The van der Waals surface area contributed by atoms with E-state index in [2.05, 4.69) is 10.5 Å². The molecule has 0 radical (unpaired) electrons. The van der Waals surface area contributed by atoms with Crippen LogP contribution in [0.1, 0.15) is 11.1 Å². The third-order valence-electron chi connectivity index (χ3n) is 3.51. The van der Waals surface area contributed by atoms with Crippen molar-refractivity contribution >= 4 is 7.67 Å². The maximum Gasteiger partial charge on any atom is 0.436 e. The van der Waals surface area contributed by atoms with Crippen molar-refractivity contribution in [2.75, 3.05) is 0 Å². The number of benzene rings is 3. The van der Waals surface area contributed by atoms with Crippen molar-refractivity contribution in [2.24, 2.45) is 0 Å². The van der Waals surface area contributed by atoms with Crippen LogP contribution in [-0.4, -0.2) is 0 Å². The highest BCUT2D eigenvalue weighted by Crippen LogP contribution is 2.38. The minimum absolute atomic E-state index is 0.226. The number of hydrogen-bond acceptors (Lipinski definition) is 4. The maximum atomic E-state index is 13.1. The van der Waals surface area contributed by atoms with Gasteiger partial charge in [0.25, 0.3) is 0 Å². The fourth-order valence-corrected chi connectivity index (χ4v) is 3.23. The van der Waals surface area contributed by atoms with Gasteiger partial charge in [0, 0.05) is 0 Å². The Morgan fingerprint density at radius 1 is 0.630 bits per heavy atom. The Morgan fingerprint density at radius 2 is 1.04 bits per heavy atom. The van der Waals surface area contributed by atoms with Crippen LogP contribution in [0.4, 0.5) is 0 Å². The molecule has 0 unspecified atom stereocenters. The molecule has 0 saturated heterocycles. The van der Waals surface area contributed by atoms with E-state index in [-0.39, 0.29) is 13.2 Å². The molecule has 2 N–H and O–H groups in total. The van der Waals surface area contributed by atoms with Gasteiger partial charge in [-0.1, -0.05) is 78.9 Å². The van der Waals surface area contributed by atoms with Crippen molar-refractivity contribution in [2.45, 2.75) is 13.2 Å². The monoisotopic (exact) mass is 384 g/mol.